The number of esters is 1. The molecule has 0 atom stereocenters. The van der Waals surface area contributed by atoms with Gasteiger partial charge in [-0.25, -0.2) is 4.68 Å². The van der Waals surface area contributed by atoms with Gasteiger partial charge in [0, 0.05) is 13.0 Å². The van der Waals surface area contributed by atoms with Gasteiger partial charge in [0.25, 0.3) is 5.91 Å². The third-order valence-corrected chi connectivity index (χ3v) is 4.62. The van der Waals surface area contributed by atoms with E-state index in [2.05, 4.69) is 25.7 Å². The fourth-order valence-corrected chi connectivity index (χ4v) is 3.08. The maximum atomic E-state index is 12.3. The zero-order valence-electron chi connectivity index (χ0n) is 15.6. The van der Waals surface area contributed by atoms with Crippen LogP contribution in [0, 0.1) is 6.92 Å². The van der Waals surface area contributed by atoms with E-state index in [9.17, 15) is 9.59 Å². The van der Waals surface area contributed by atoms with Crippen molar-refractivity contribution in [2.75, 3.05) is 26.7 Å². The third-order valence-electron chi connectivity index (χ3n) is 4.62. The molecular formula is C17H30ClN5O3. The minimum absolute atomic E-state index is 0. The summed E-state index contributed by atoms with van der Waals surface area (Å²) in [7, 11) is 1.40. The highest BCUT2D eigenvalue weighted by molar-refractivity contribution is 5.93. The molecule has 1 amide bonds. The van der Waals surface area contributed by atoms with Crippen molar-refractivity contribution in [2.45, 2.75) is 57.9 Å². The van der Waals surface area contributed by atoms with Gasteiger partial charge in [-0.3, -0.25) is 9.59 Å². The Morgan fingerprint density at radius 1 is 1.23 bits per heavy atom. The smallest absolute Gasteiger partial charge is 0.305 e. The largest absolute Gasteiger partial charge is 0.469 e. The van der Waals surface area contributed by atoms with E-state index < -0.39 is 0 Å². The Balaban J connectivity index is 0.00000338. The number of aromatic nitrogens is 3. The number of ether oxygens (including phenoxy) is 1. The molecule has 2 N–H and O–H groups in total. The summed E-state index contributed by atoms with van der Waals surface area (Å²) < 4.78 is 6.49. The number of nitrogens with one attached hydrogen (secondary N) is 2. The second-order valence-corrected chi connectivity index (χ2v) is 6.45. The van der Waals surface area contributed by atoms with Crippen LogP contribution >= 0.6 is 12.4 Å². The molecule has 0 bridgehead atoms. The summed E-state index contributed by atoms with van der Waals surface area (Å²) in [5, 5.41) is 14.5. The van der Waals surface area contributed by atoms with Gasteiger partial charge in [-0.1, -0.05) is 18.1 Å². The van der Waals surface area contributed by atoms with Gasteiger partial charge in [0.05, 0.1) is 18.8 Å². The quantitative estimate of drug-likeness (QED) is 0.495. The molecule has 148 valence electrons. The number of carbonyl (C=O) groups excluding carboxylic acids is 2. The standard InChI is InChI=1S/C17H29N5O3.ClH/c1-13-16(20-21-22(13)14-8-11-18-12-9-14)17(24)19-10-6-4-3-5-7-15(23)25-2;/h14,18H,3-12H2,1-2H3,(H,19,24);1H. The van der Waals surface area contributed by atoms with E-state index in [-0.39, 0.29) is 24.3 Å². The molecule has 0 aromatic carbocycles. The first kappa shape index (κ1) is 22.4. The van der Waals surface area contributed by atoms with Crippen LogP contribution < -0.4 is 10.6 Å². The van der Waals surface area contributed by atoms with Crippen molar-refractivity contribution in [2.24, 2.45) is 0 Å². The van der Waals surface area contributed by atoms with Crippen molar-refractivity contribution >= 4 is 24.3 Å². The van der Waals surface area contributed by atoms with E-state index in [0.717, 1.165) is 57.3 Å². The van der Waals surface area contributed by atoms with Crippen LogP contribution in [-0.2, 0) is 9.53 Å². The molecule has 0 saturated carbocycles. The van der Waals surface area contributed by atoms with Crippen LogP contribution in [0.2, 0.25) is 0 Å². The van der Waals surface area contributed by atoms with Crippen molar-refractivity contribution in [3.63, 3.8) is 0 Å². The van der Waals surface area contributed by atoms with Crippen LogP contribution in [0.4, 0.5) is 0 Å². The number of hydrogen-bond acceptors (Lipinski definition) is 6. The number of unbranched alkanes of at least 4 members (excludes halogenated alkanes) is 3. The second-order valence-electron chi connectivity index (χ2n) is 6.45. The number of hydrogen-bond donors (Lipinski definition) is 2. The fourth-order valence-electron chi connectivity index (χ4n) is 3.08. The van der Waals surface area contributed by atoms with Gasteiger partial charge >= 0.3 is 5.97 Å². The van der Waals surface area contributed by atoms with Crippen LogP contribution in [0.5, 0.6) is 0 Å². The SMILES string of the molecule is COC(=O)CCCCCCNC(=O)c1nnn(C2CCNCC2)c1C.Cl. The predicted molar refractivity (Wildman–Crippen MR) is 101 cm³/mol. The van der Waals surface area contributed by atoms with Gasteiger partial charge in [-0.15, -0.1) is 17.5 Å². The van der Waals surface area contributed by atoms with E-state index in [4.69, 9.17) is 0 Å². The molecule has 26 heavy (non-hydrogen) atoms. The predicted octanol–water partition coefficient (Wildman–Crippen LogP) is 1.79. The van der Waals surface area contributed by atoms with Crippen LogP contribution in [0.15, 0.2) is 0 Å². The molecule has 9 heteroatoms. The Bertz CT molecular complexity index is 573. The van der Waals surface area contributed by atoms with Crippen molar-refractivity contribution < 1.29 is 14.3 Å². The molecular weight excluding hydrogens is 358 g/mol. The number of piperidine rings is 1. The van der Waals surface area contributed by atoms with E-state index in [0.29, 0.717) is 24.7 Å². The van der Waals surface area contributed by atoms with Crippen LogP contribution in [0.1, 0.15) is 67.2 Å². The molecule has 1 saturated heterocycles. The van der Waals surface area contributed by atoms with E-state index >= 15 is 0 Å². The summed E-state index contributed by atoms with van der Waals surface area (Å²) in [5.74, 6) is -0.326. The summed E-state index contributed by atoms with van der Waals surface area (Å²) in [4.78, 5) is 23.3. The summed E-state index contributed by atoms with van der Waals surface area (Å²) in [5.41, 5.74) is 1.26. The number of rotatable bonds is 9. The number of halogens is 1. The van der Waals surface area contributed by atoms with Gasteiger partial charge in [0.2, 0.25) is 0 Å². The number of amides is 1. The molecule has 0 unspecified atom stereocenters. The maximum absolute atomic E-state index is 12.3. The van der Waals surface area contributed by atoms with Crippen LogP contribution in [-0.4, -0.2) is 53.6 Å². The normalized spacial score (nSPS) is 14.5. The van der Waals surface area contributed by atoms with Crippen LogP contribution in [0.25, 0.3) is 0 Å². The minimum atomic E-state index is -0.166. The van der Waals surface area contributed by atoms with Gasteiger partial charge in [-0.2, -0.15) is 0 Å². The highest BCUT2D eigenvalue weighted by Crippen LogP contribution is 2.20. The average molecular weight is 388 g/mol. The molecule has 2 heterocycles. The Hall–Kier alpha value is -1.67. The van der Waals surface area contributed by atoms with Gasteiger partial charge in [-0.05, 0) is 45.7 Å². The maximum Gasteiger partial charge on any atom is 0.305 e. The molecule has 0 radical (unpaired) electrons. The molecule has 1 aromatic rings. The lowest BCUT2D eigenvalue weighted by molar-refractivity contribution is -0.140. The lowest BCUT2D eigenvalue weighted by atomic mass is 10.1. The molecule has 8 nitrogen and oxygen atoms in total. The molecule has 0 aliphatic carbocycles. The second kappa shape index (κ2) is 11.9. The lowest BCUT2D eigenvalue weighted by Gasteiger charge is -2.23. The minimum Gasteiger partial charge on any atom is -0.469 e. The molecule has 0 spiro atoms. The Labute approximate surface area is 160 Å². The van der Waals surface area contributed by atoms with Gasteiger partial charge < -0.3 is 15.4 Å². The van der Waals surface area contributed by atoms with Crippen molar-refractivity contribution in [3.8, 4) is 0 Å². The number of nitrogens with zero attached hydrogens (tertiary/aromatic N) is 3. The Kier molecular flexibility index (Phi) is 10.2. The van der Waals surface area contributed by atoms with Gasteiger partial charge in [0.15, 0.2) is 5.69 Å². The lowest BCUT2D eigenvalue weighted by Crippen LogP contribution is -2.30. The van der Waals surface area contributed by atoms with Crippen LogP contribution in [0.3, 0.4) is 0 Å². The highest BCUT2D eigenvalue weighted by Gasteiger charge is 2.22. The van der Waals surface area contributed by atoms with Crippen molar-refractivity contribution in [1.82, 2.24) is 25.6 Å². The first-order valence-corrected chi connectivity index (χ1v) is 9.11. The first-order valence-electron chi connectivity index (χ1n) is 9.11. The highest BCUT2D eigenvalue weighted by atomic mass is 35.5. The number of carbonyl (C=O) groups is 2. The Morgan fingerprint density at radius 2 is 1.92 bits per heavy atom. The summed E-state index contributed by atoms with van der Waals surface area (Å²) >= 11 is 0. The monoisotopic (exact) mass is 387 g/mol. The van der Waals surface area contributed by atoms with Crippen molar-refractivity contribution in [3.05, 3.63) is 11.4 Å². The van der Waals surface area contributed by atoms with Crippen molar-refractivity contribution in [1.29, 1.82) is 0 Å². The summed E-state index contributed by atoms with van der Waals surface area (Å²) in [6, 6.07) is 0.324. The van der Waals surface area contributed by atoms with E-state index in [1.54, 1.807) is 0 Å². The fraction of sp³-hybridized carbons (Fsp3) is 0.765. The summed E-state index contributed by atoms with van der Waals surface area (Å²) in [6.07, 6.45) is 6.11. The zero-order chi connectivity index (χ0) is 18.1. The molecule has 1 aliphatic heterocycles. The molecule has 1 aromatic heterocycles. The first-order chi connectivity index (χ1) is 12.1. The van der Waals surface area contributed by atoms with E-state index in [1.165, 1.54) is 7.11 Å². The van der Waals surface area contributed by atoms with E-state index in [1.807, 2.05) is 11.6 Å². The zero-order valence-corrected chi connectivity index (χ0v) is 16.4. The number of methoxy groups -OCH3 is 1. The summed E-state index contributed by atoms with van der Waals surface area (Å²) in [6.45, 7) is 4.46. The van der Waals surface area contributed by atoms with Gasteiger partial charge in [0.1, 0.15) is 0 Å². The molecule has 1 fully saturated rings. The average Bonchev–Trinajstić information content (AvgIpc) is 3.02. The molecule has 1 aliphatic rings. The Morgan fingerprint density at radius 3 is 2.62 bits per heavy atom. The topological polar surface area (TPSA) is 98.1 Å². The third kappa shape index (κ3) is 6.57. The molecule has 2 rings (SSSR count).